The Kier molecular flexibility index (Phi) is 12.7. The Morgan fingerprint density at radius 3 is 2.24 bits per heavy atom. The van der Waals surface area contributed by atoms with Crippen molar-refractivity contribution >= 4 is 17.9 Å². The minimum Gasteiger partial charge on any atom is -0.465 e. The van der Waals surface area contributed by atoms with Gasteiger partial charge in [-0.05, 0) is 40.0 Å². The highest BCUT2D eigenvalue weighted by Crippen LogP contribution is 2.18. The zero-order valence-electron chi connectivity index (χ0n) is 17.9. The molecule has 0 saturated heterocycles. The van der Waals surface area contributed by atoms with E-state index in [9.17, 15) is 24.6 Å². The van der Waals surface area contributed by atoms with Crippen LogP contribution in [0.3, 0.4) is 0 Å². The molecule has 170 valence electrons. The van der Waals surface area contributed by atoms with Gasteiger partial charge in [0.1, 0.15) is 18.6 Å². The fraction of sp³-hybridized carbons (Fsp3) is 0.850. The van der Waals surface area contributed by atoms with Crippen molar-refractivity contribution in [3.63, 3.8) is 0 Å². The largest absolute Gasteiger partial charge is 0.465 e. The molecule has 3 atom stereocenters. The first-order valence-electron chi connectivity index (χ1n) is 9.97. The number of rotatable bonds is 15. The number of carbonyl (C=O) groups excluding carboxylic acids is 3. The molecule has 9 nitrogen and oxygen atoms in total. The van der Waals surface area contributed by atoms with Crippen LogP contribution in [0.25, 0.3) is 0 Å². The smallest absolute Gasteiger partial charge is 0.317 e. The zero-order valence-corrected chi connectivity index (χ0v) is 17.9. The molecule has 3 unspecified atom stereocenters. The molecule has 3 N–H and O–H groups in total. The van der Waals surface area contributed by atoms with Crippen molar-refractivity contribution in [2.24, 2.45) is 0 Å². The summed E-state index contributed by atoms with van der Waals surface area (Å²) in [4.78, 5) is 35.1. The summed E-state index contributed by atoms with van der Waals surface area (Å²) in [6, 6.07) is 0. The van der Waals surface area contributed by atoms with E-state index in [1.165, 1.54) is 6.92 Å². The summed E-state index contributed by atoms with van der Waals surface area (Å²) in [6.45, 7) is 5.78. The van der Waals surface area contributed by atoms with E-state index in [0.717, 1.165) is 0 Å². The van der Waals surface area contributed by atoms with Crippen LogP contribution in [0.4, 0.5) is 0 Å². The molecule has 29 heavy (non-hydrogen) atoms. The van der Waals surface area contributed by atoms with Crippen molar-refractivity contribution in [2.75, 3.05) is 19.8 Å². The summed E-state index contributed by atoms with van der Waals surface area (Å²) in [5.41, 5.74) is -2.42. The van der Waals surface area contributed by atoms with Gasteiger partial charge in [0.15, 0.2) is 0 Å². The number of hydrogen-bond donors (Lipinski definition) is 3. The van der Waals surface area contributed by atoms with Gasteiger partial charge >= 0.3 is 17.9 Å². The van der Waals surface area contributed by atoms with Crippen LogP contribution in [0.1, 0.15) is 72.6 Å². The predicted molar refractivity (Wildman–Crippen MR) is 104 cm³/mol. The number of carbonyl (C=O) groups is 3. The maximum absolute atomic E-state index is 11.8. The van der Waals surface area contributed by atoms with Crippen molar-refractivity contribution in [3.05, 3.63) is 0 Å². The van der Waals surface area contributed by atoms with Crippen LogP contribution in [0.5, 0.6) is 0 Å². The number of hydrogen-bond acceptors (Lipinski definition) is 9. The molecule has 0 radical (unpaired) electrons. The first-order valence-corrected chi connectivity index (χ1v) is 9.97. The van der Waals surface area contributed by atoms with E-state index < -0.39 is 41.6 Å². The van der Waals surface area contributed by atoms with Crippen LogP contribution < -0.4 is 0 Å². The van der Waals surface area contributed by atoms with Gasteiger partial charge in [-0.3, -0.25) is 14.4 Å². The van der Waals surface area contributed by atoms with Crippen LogP contribution in [-0.4, -0.2) is 70.4 Å². The van der Waals surface area contributed by atoms with Crippen LogP contribution in [0.2, 0.25) is 0 Å². The average Bonchev–Trinajstić information content (AvgIpc) is 2.59. The fourth-order valence-electron chi connectivity index (χ4n) is 2.48. The van der Waals surface area contributed by atoms with Crippen molar-refractivity contribution in [1.29, 1.82) is 0 Å². The molecule has 0 aliphatic rings. The molecule has 0 aromatic heterocycles. The lowest BCUT2D eigenvalue weighted by Crippen LogP contribution is -2.36. The fourth-order valence-corrected chi connectivity index (χ4v) is 2.48. The van der Waals surface area contributed by atoms with E-state index in [2.05, 4.69) is 0 Å². The third kappa shape index (κ3) is 14.0. The van der Waals surface area contributed by atoms with Gasteiger partial charge in [0.25, 0.3) is 0 Å². The molecule has 0 saturated carbocycles. The van der Waals surface area contributed by atoms with Crippen LogP contribution in [0, 0.1) is 0 Å². The lowest BCUT2D eigenvalue weighted by atomic mass is 10.0. The summed E-state index contributed by atoms with van der Waals surface area (Å²) in [5, 5.41) is 28.7. The van der Waals surface area contributed by atoms with E-state index in [-0.39, 0.29) is 32.7 Å². The lowest BCUT2D eigenvalue weighted by Gasteiger charge is -2.26. The molecule has 0 spiro atoms. The van der Waals surface area contributed by atoms with Gasteiger partial charge in [0, 0.05) is 12.8 Å². The normalized spacial score (nSPS) is 16.2. The van der Waals surface area contributed by atoms with Gasteiger partial charge in [-0.25, -0.2) is 0 Å². The summed E-state index contributed by atoms with van der Waals surface area (Å²) < 4.78 is 15.1. The van der Waals surface area contributed by atoms with Crippen molar-refractivity contribution in [1.82, 2.24) is 0 Å². The standard InChI is InChI=1S/C20H36O9/c1-5-9-20(4,13-21)29-18(25)12-17(24)27-11-10-19(3,26)14-28-16(23)8-6-7-15(2)22/h15,21-22,26H,5-14H2,1-4H3. The Balaban J connectivity index is 4.14. The SMILES string of the molecule is CCCC(C)(CO)OC(=O)CC(=O)OCCC(C)(O)COC(=O)CCCC(C)O. The second-order valence-corrected chi connectivity index (χ2v) is 7.88. The second-order valence-electron chi connectivity index (χ2n) is 7.88. The highest BCUT2D eigenvalue weighted by atomic mass is 16.6. The Bertz CT molecular complexity index is 516. The first kappa shape index (κ1) is 27.3. The predicted octanol–water partition coefficient (Wildman–Crippen LogP) is 1.25. The minimum atomic E-state index is -1.39. The van der Waals surface area contributed by atoms with Gasteiger partial charge in [-0.15, -0.1) is 0 Å². The molecule has 0 bridgehead atoms. The molecule has 0 amide bonds. The lowest BCUT2D eigenvalue weighted by molar-refractivity contribution is -0.168. The van der Waals surface area contributed by atoms with Gasteiger partial charge in [0.05, 0.1) is 24.9 Å². The van der Waals surface area contributed by atoms with E-state index in [0.29, 0.717) is 25.7 Å². The summed E-state index contributed by atoms with van der Waals surface area (Å²) in [7, 11) is 0. The topological polar surface area (TPSA) is 140 Å². The first-order chi connectivity index (χ1) is 13.4. The van der Waals surface area contributed by atoms with Gasteiger partial charge in [-0.2, -0.15) is 0 Å². The molecule has 0 fully saturated rings. The highest BCUT2D eigenvalue weighted by molar-refractivity contribution is 5.91. The average molecular weight is 420 g/mol. The highest BCUT2D eigenvalue weighted by Gasteiger charge is 2.29. The van der Waals surface area contributed by atoms with Gasteiger partial charge in [-0.1, -0.05) is 13.3 Å². The zero-order chi connectivity index (χ0) is 22.5. The van der Waals surface area contributed by atoms with Crippen molar-refractivity contribution in [2.45, 2.75) is 89.9 Å². The van der Waals surface area contributed by atoms with Gasteiger partial charge < -0.3 is 29.5 Å². The van der Waals surface area contributed by atoms with E-state index >= 15 is 0 Å². The molecular weight excluding hydrogens is 384 g/mol. The summed E-state index contributed by atoms with van der Waals surface area (Å²) in [5.74, 6) is -2.08. The monoisotopic (exact) mass is 420 g/mol. The molecule has 0 aromatic carbocycles. The molecular formula is C20H36O9. The Morgan fingerprint density at radius 2 is 1.69 bits per heavy atom. The Morgan fingerprint density at radius 1 is 1.03 bits per heavy atom. The molecule has 9 heteroatoms. The van der Waals surface area contributed by atoms with E-state index in [4.69, 9.17) is 19.3 Å². The molecule has 0 aliphatic carbocycles. The number of aliphatic hydroxyl groups is 3. The summed E-state index contributed by atoms with van der Waals surface area (Å²) >= 11 is 0. The molecule has 0 aromatic rings. The van der Waals surface area contributed by atoms with E-state index in [1.807, 2.05) is 6.92 Å². The molecule has 0 heterocycles. The van der Waals surface area contributed by atoms with Crippen LogP contribution in [-0.2, 0) is 28.6 Å². The quantitative estimate of drug-likeness (QED) is 0.203. The maximum Gasteiger partial charge on any atom is 0.317 e. The van der Waals surface area contributed by atoms with Crippen LogP contribution >= 0.6 is 0 Å². The Labute approximate surface area is 172 Å². The number of aliphatic hydroxyl groups excluding tert-OH is 2. The maximum atomic E-state index is 11.8. The van der Waals surface area contributed by atoms with E-state index in [1.54, 1.807) is 13.8 Å². The van der Waals surface area contributed by atoms with Crippen LogP contribution in [0.15, 0.2) is 0 Å². The van der Waals surface area contributed by atoms with Crippen molar-refractivity contribution in [3.8, 4) is 0 Å². The number of ether oxygens (including phenoxy) is 3. The van der Waals surface area contributed by atoms with Crippen molar-refractivity contribution < 1.29 is 43.9 Å². The third-order valence-corrected chi connectivity index (χ3v) is 4.21. The molecule has 0 rings (SSSR count). The summed E-state index contributed by atoms with van der Waals surface area (Å²) in [6.07, 6.45) is 1.21. The third-order valence-electron chi connectivity index (χ3n) is 4.21. The minimum absolute atomic E-state index is 0.0128. The van der Waals surface area contributed by atoms with Gasteiger partial charge in [0.2, 0.25) is 0 Å². The Hall–Kier alpha value is -1.71. The second kappa shape index (κ2) is 13.5. The number of esters is 3. The molecule has 0 aliphatic heterocycles.